The molecule has 0 saturated heterocycles. The Kier molecular flexibility index (Phi) is 4.54. The lowest BCUT2D eigenvalue weighted by molar-refractivity contribution is 0.622. The van der Waals surface area contributed by atoms with E-state index in [1.807, 2.05) is 0 Å². The molecule has 0 fully saturated rings. The average Bonchev–Trinajstić information content (AvgIpc) is 2.45. The molecule has 0 aliphatic heterocycles. The fraction of sp³-hybridized carbons (Fsp3) is 0.333. The van der Waals surface area contributed by atoms with Crippen molar-refractivity contribution in [3.63, 3.8) is 0 Å². The molecule has 2 N–H and O–H groups in total. The van der Waals surface area contributed by atoms with Gasteiger partial charge < -0.3 is 5.73 Å². The number of hydrogen-bond acceptors (Lipinski definition) is 1. The number of benzene rings is 2. The van der Waals surface area contributed by atoms with E-state index >= 15 is 0 Å². The molecule has 3 heteroatoms. The van der Waals surface area contributed by atoms with Crippen LogP contribution in [0.1, 0.15) is 45.0 Å². The molecule has 0 aromatic heterocycles. The van der Waals surface area contributed by atoms with Gasteiger partial charge in [-0.1, -0.05) is 15.9 Å². The number of rotatable bonds is 2. The van der Waals surface area contributed by atoms with Crippen molar-refractivity contribution in [3.05, 3.63) is 67.4 Å². The molecule has 1 atom stereocenters. The van der Waals surface area contributed by atoms with Crippen LogP contribution in [0.3, 0.4) is 0 Å². The van der Waals surface area contributed by atoms with Gasteiger partial charge in [0, 0.05) is 4.47 Å². The molecule has 21 heavy (non-hydrogen) atoms. The Morgan fingerprint density at radius 2 is 1.38 bits per heavy atom. The summed E-state index contributed by atoms with van der Waals surface area (Å²) < 4.78 is 14.4. The third-order valence-corrected chi connectivity index (χ3v) is 5.38. The largest absolute Gasteiger partial charge is 0.320 e. The van der Waals surface area contributed by atoms with E-state index in [0.717, 1.165) is 15.6 Å². The highest BCUT2D eigenvalue weighted by Crippen LogP contribution is 2.35. The van der Waals surface area contributed by atoms with Gasteiger partial charge in [0.1, 0.15) is 5.82 Å². The summed E-state index contributed by atoms with van der Waals surface area (Å²) in [4.78, 5) is 0. The van der Waals surface area contributed by atoms with Crippen molar-refractivity contribution in [1.29, 1.82) is 0 Å². The minimum atomic E-state index is -0.340. The first-order valence-corrected chi connectivity index (χ1v) is 7.82. The summed E-state index contributed by atoms with van der Waals surface area (Å²) >= 11 is 3.48. The normalized spacial score (nSPS) is 12.6. The van der Waals surface area contributed by atoms with E-state index in [1.54, 1.807) is 6.07 Å². The molecule has 2 aromatic carbocycles. The molecule has 0 heterocycles. The molecule has 1 nitrogen and oxygen atoms in total. The minimum Gasteiger partial charge on any atom is -0.320 e. The Balaban J connectivity index is 2.69. The number of nitrogens with two attached hydrogens (primary N) is 1. The molecule has 0 bridgehead atoms. The minimum absolute atomic E-state index is 0.264. The molecule has 2 rings (SSSR count). The van der Waals surface area contributed by atoms with Crippen LogP contribution < -0.4 is 5.73 Å². The van der Waals surface area contributed by atoms with Gasteiger partial charge in [-0.2, -0.15) is 0 Å². The van der Waals surface area contributed by atoms with Crippen LogP contribution in [0.2, 0.25) is 0 Å². The maximum Gasteiger partial charge on any atom is 0.123 e. The first kappa shape index (κ1) is 16.2. The Morgan fingerprint density at radius 3 is 1.90 bits per heavy atom. The zero-order valence-electron chi connectivity index (χ0n) is 13.1. The highest BCUT2D eigenvalue weighted by atomic mass is 79.9. The van der Waals surface area contributed by atoms with Gasteiger partial charge >= 0.3 is 0 Å². The molecular weight excluding hydrogens is 329 g/mol. The summed E-state index contributed by atoms with van der Waals surface area (Å²) in [6.45, 7) is 10.6. The van der Waals surface area contributed by atoms with E-state index in [4.69, 9.17) is 5.73 Å². The second-order valence-corrected chi connectivity index (χ2v) is 6.54. The lowest BCUT2D eigenvalue weighted by atomic mass is 9.84. The molecule has 0 amide bonds. The first-order valence-electron chi connectivity index (χ1n) is 7.03. The average molecular weight is 350 g/mol. The summed E-state index contributed by atoms with van der Waals surface area (Å²) in [5.74, 6) is -0.264. The van der Waals surface area contributed by atoms with Gasteiger partial charge in [-0.05, 0) is 91.8 Å². The second-order valence-electron chi connectivity index (χ2n) is 5.68. The van der Waals surface area contributed by atoms with Crippen molar-refractivity contribution in [3.8, 4) is 0 Å². The van der Waals surface area contributed by atoms with Crippen molar-refractivity contribution in [2.24, 2.45) is 5.73 Å². The van der Waals surface area contributed by atoms with Gasteiger partial charge in [0.25, 0.3) is 0 Å². The molecule has 0 spiro atoms. The summed E-state index contributed by atoms with van der Waals surface area (Å²) in [5.41, 5.74) is 14.6. The zero-order chi connectivity index (χ0) is 15.9. The molecule has 1 unspecified atom stereocenters. The molecule has 0 saturated carbocycles. The SMILES string of the molecule is Cc1c(C)c(C)c(C(N)c2cc(F)ccc2Br)c(C)c1C. The third-order valence-electron chi connectivity index (χ3n) is 4.66. The van der Waals surface area contributed by atoms with Crippen LogP contribution in [-0.4, -0.2) is 0 Å². The molecule has 0 radical (unpaired) electrons. The summed E-state index contributed by atoms with van der Waals surface area (Å²) in [6.07, 6.45) is 0. The van der Waals surface area contributed by atoms with Crippen LogP contribution in [0.25, 0.3) is 0 Å². The van der Waals surface area contributed by atoms with Crippen LogP contribution in [0.15, 0.2) is 22.7 Å². The van der Waals surface area contributed by atoms with E-state index in [-0.39, 0.29) is 11.9 Å². The number of halogens is 2. The van der Waals surface area contributed by atoms with Crippen LogP contribution >= 0.6 is 15.9 Å². The van der Waals surface area contributed by atoms with Gasteiger partial charge in [-0.15, -0.1) is 0 Å². The summed E-state index contributed by atoms with van der Waals surface area (Å²) in [7, 11) is 0. The highest BCUT2D eigenvalue weighted by molar-refractivity contribution is 9.10. The molecule has 0 aliphatic carbocycles. The van der Waals surface area contributed by atoms with Crippen molar-refractivity contribution >= 4 is 15.9 Å². The Morgan fingerprint density at radius 1 is 0.905 bits per heavy atom. The standard InChI is InChI=1S/C18H21BrFN/c1-9-10(2)12(4)17(13(5)11(9)3)18(21)15-8-14(20)6-7-16(15)19/h6-8,18H,21H2,1-5H3. The molecule has 112 valence electrons. The van der Waals surface area contributed by atoms with E-state index in [9.17, 15) is 4.39 Å². The van der Waals surface area contributed by atoms with Crippen molar-refractivity contribution in [2.75, 3.05) is 0 Å². The van der Waals surface area contributed by atoms with E-state index in [2.05, 4.69) is 50.5 Å². The van der Waals surface area contributed by atoms with Gasteiger partial charge in [0.2, 0.25) is 0 Å². The first-order chi connectivity index (χ1) is 9.75. The second kappa shape index (κ2) is 5.90. The van der Waals surface area contributed by atoms with Crippen molar-refractivity contribution < 1.29 is 4.39 Å². The Hall–Kier alpha value is -1.19. The molecule has 2 aromatic rings. The van der Waals surface area contributed by atoms with Crippen molar-refractivity contribution in [2.45, 2.75) is 40.7 Å². The van der Waals surface area contributed by atoms with Gasteiger partial charge in [0.15, 0.2) is 0 Å². The number of hydrogen-bond donors (Lipinski definition) is 1. The van der Waals surface area contributed by atoms with Crippen LogP contribution in [0, 0.1) is 40.4 Å². The fourth-order valence-corrected chi connectivity index (χ4v) is 3.40. The molecule has 0 aliphatic rings. The quantitative estimate of drug-likeness (QED) is 0.794. The predicted molar refractivity (Wildman–Crippen MR) is 90.3 cm³/mol. The maximum absolute atomic E-state index is 13.6. The smallest absolute Gasteiger partial charge is 0.123 e. The van der Waals surface area contributed by atoms with Crippen molar-refractivity contribution in [1.82, 2.24) is 0 Å². The highest BCUT2D eigenvalue weighted by Gasteiger charge is 2.20. The monoisotopic (exact) mass is 349 g/mol. The van der Waals surface area contributed by atoms with E-state index in [0.29, 0.717) is 0 Å². The predicted octanol–water partition coefficient (Wildman–Crippen LogP) is 5.18. The van der Waals surface area contributed by atoms with E-state index in [1.165, 1.54) is 39.9 Å². The van der Waals surface area contributed by atoms with Crippen LogP contribution in [-0.2, 0) is 0 Å². The summed E-state index contributed by atoms with van der Waals surface area (Å²) in [6, 6.07) is 4.32. The lowest BCUT2D eigenvalue weighted by Crippen LogP contribution is -2.17. The van der Waals surface area contributed by atoms with Gasteiger partial charge in [0.05, 0.1) is 6.04 Å². The van der Waals surface area contributed by atoms with Gasteiger partial charge in [-0.3, -0.25) is 0 Å². The maximum atomic E-state index is 13.6. The van der Waals surface area contributed by atoms with E-state index < -0.39 is 0 Å². The van der Waals surface area contributed by atoms with Crippen LogP contribution in [0.4, 0.5) is 4.39 Å². The van der Waals surface area contributed by atoms with Gasteiger partial charge in [-0.25, -0.2) is 4.39 Å². The van der Waals surface area contributed by atoms with Crippen LogP contribution in [0.5, 0.6) is 0 Å². The third kappa shape index (κ3) is 2.77. The Labute approximate surface area is 134 Å². The zero-order valence-corrected chi connectivity index (χ0v) is 14.7. The molecular formula is C18H21BrFN. The summed E-state index contributed by atoms with van der Waals surface area (Å²) in [5, 5.41) is 0. The topological polar surface area (TPSA) is 26.0 Å². The fourth-order valence-electron chi connectivity index (χ4n) is 2.90. The Bertz CT molecular complexity index is 678. The lowest BCUT2D eigenvalue weighted by Gasteiger charge is -2.24.